The van der Waals surface area contributed by atoms with Gasteiger partial charge in [-0.1, -0.05) is 19.1 Å². The van der Waals surface area contributed by atoms with Gasteiger partial charge in [-0.15, -0.1) is 0 Å². The van der Waals surface area contributed by atoms with Gasteiger partial charge in [0.25, 0.3) is 5.91 Å². The summed E-state index contributed by atoms with van der Waals surface area (Å²) >= 11 is 0. The Hall–Kier alpha value is -2.56. The summed E-state index contributed by atoms with van der Waals surface area (Å²) < 4.78 is 5.21. The van der Waals surface area contributed by atoms with Gasteiger partial charge in [-0.2, -0.15) is 0 Å². The van der Waals surface area contributed by atoms with E-state index >= 15 is 0 Å². The average Bonchev–Trinajstić information content (AvgIpc) is 2.55. The Bertz CT molecular complexity index is 626. The van der Waals surface area contributed by atoms with Gasteiger partial charge in [-0.25, -0.2) is 4.98 Å². The third-order valence-corrected chi connectivity index (χ3v) is 3.38. The fourth-order valence-corrected chi connectivity index (χ4v) is 1.93. The van der Waals surface area contributed by atoms with Crippen molar-refractivity contribution in [3.8, 4) is 5.75 Å². The molecule has 0 spiro atoms. The van der Waals surface area contributed by atoms with E-state index in [0.29, 0.717) is 23.2 Å². The van der Waals surface area contributed by atoms with Crippen molar-refractivity contribution >= 4 is 17.3 Å². The van der Waals surface area contributed by atoms with Crippen LogP contribution in [-0.2, 0) is 0 Å². The molecule has 1 heterocycles. The highest BCUT2D eigenvalue weighted by Crippen LogP contribution is 2.23. The number of carbonyl (C=O) groups is 1. The predicted octanol–water partition coefficient (Wildman–Crippen LogP) is 3.55. The first-order chi connectivity index (χ1) is 10.6. The number of rotatable bonds is 6. The Morgan fingerprint density at radius 1 is 1.27 bits per heavy atom. The standard InChI is InChI=1S/C17H21N3O2/c1-4-12(2)19-13-9-10-15(18-11-13)17(21)20-14-7-5-6-8-16(14)22-3/h5-12,19H,4H2,1-3H3,(H,20,21). The topological polar surface area (TPSA) is 63.2 Å². The first kappa shape index (κ1) is 15.8. The summed E-state index contributed by atoms with van der Waals surface area (Å²) in [6.07, 6.45) is 2.69. The summed E-state index contributed by atoms with van der Waals surface area (Å²) in [4.78, 5) is 16.4. The minimum Gasteiger partial charge on any atom is -0.495 e. The van der Waals surface area contributed by atoms with Crippen LogP contribution in [0.15, 0.2) is 42.6 Å². The molecule has 0 bridgehead atoms. The molecule has 0 saturated carbocycles. The molecule has 0 aliphatic rings. The number of hydrogen-bond donors (Lipinski definition) is 2. The molecule has 1 aromatic heterocycles. The molecule has 0 aliphatic carbocycles. The molecule has 2 aromatic rings. The number of para-hydroxylation sites is 2. The van der Waals surface area contributed by atoms with Crippen LogP contribution in [0.1, 0.15) is 30.8 Å². The van der Waals surface area contributed by atoms with E-state index in [1.165, 1.54) is 0 Å². The van der Waals surface area contributed by atoms with E-state index in [4.69, 9.17) is 4.74 Å². The number of aromatic nitrogens is 1. The molecule has 1 aromatic carbocycles. The second-order valence-corrected chi connectivity index (χ2v) is 5.04. The molecular formula is C17H21N3O2. The molecule has 2 N–H and O–H groups in total. The number of nitrogens with one attached hydrogen (secondary N) is 2. The third kappa shape index (κ3) is 3.97. The Labute approximate surface area is 130 Å². The molecular weight excluding hydrogens is 278 g/mol. The van der Waals surface area contributed by atoms with Gasteiger partial charge >= 0.3 is 0 Å². The maximum absolute atomic E-state index is 12.2. The zero-order valence-electron chi connectivity index (χ0n) is 13.1. The minimum atomic E-state index is -0.264. The number of anilines is 2. The summed E-state index contributed by atoms with van der Waals surface area (Å²) in [5, 5.41) is 6.11. The molecule has 1 amide bonds. The van der Waals surface area contributed by atoms with Crippen LogP contribution in [0.5, 0.6) is 5.75 Å². The minimum absolute atomic E-state index is 0.264. The first-order valence-electron chi connectivity index (χ1n) is 7.31. The Morgan fingerprint density at radius 2 is 2.05 bits per heavy atom. The monoisotopic (exact) mass is 299 g/mol. The van der Waals surface area contributed by atoms with Gasteiger partial charge in [0.2, 0.25) is 0 Å². The lowest BCUT2D eigenvalue weighted by Gasteiger charge is -2.13. The molecule has 0 radical (unpaired) electrons. The summed E-state index contributed by atoms with van der Waals surface area (Å²) in [5.74, 6) is 0.352. The maximum Gasteiger partial charge on any atom is 0.274 e. The Kier molecular flexibility index (Phi) is 5.36. The summed E-state index contributed by atoms with van der Waals surface area (Å²) in [7, 11) is 1.57. The van der Waals surface area contributed by atoms with E-state index in [1.54, 1.807) is 31.5 Å². The number of benzene rings is 1. The molecule has 0 aliphatic heterocycles. The Morgan fingerprint density at radius 3 is 2.68 bits per heavy atom. The van der Waals surface area contributed by atoms with Crippen LogP contribution < -0.4 is 15.4 Å². The zero-order valence-corrected chi connectivity index (χ0v) is 13.1. The SMILES string of the molecule is CCC(C)Nc1ccc(C(=O)Nc2ccccc2OC)nc1. The molecule has 1 atom stereocenters. The van der Waals surface area contributed by atoms with Crippen LogP contribution in [-0.4, -0.2) is 24.0 Å². The molecule has 116 valence electrons. The largest absolute Gasteiger partial charge is 0.495 e. The van der Waals surface area contributed by atoms with Crippen LogP contribution in [0.2, 0.25) is 0 Å². The van der Waals surface area contributed by atoms with Gasteiger partial charge in [0.05, 0.1) is 24.7 Å². The van der Waals surface area contributed by atoms with Crippen LogP contribution in [0.25, 0.3) is 0 Å². The average molecular weight is 299 g/mol. The second kappa shape index (κ2) is 7.45. The van der Waals surface area contributed by atoms with Gasteiger partial charge in [-0.3, -0.25) is 4.79 Å². The van der Waals surface area contributed by atoms with Crippen molar-refractivity contribution in [2.45, 2.75) is 26.3 Å². The number of carbonyl (C=O) groups excluding carboxylic acids is 1. The van der Waals surface area contributed by atoms with Crippen LogP contribution in [0, 0.1) is 0 Å². The molecule has 1 unspecified atom stereocenters. The lowest BCUT2D eigenvalue weighted by Crippen LogP contribution is -2.16. The van der Waals surface area contributed by atoms with Gasteiger partial charge < -0.3 is 15.4 Å². The van der Waals surface area contributed by atoms with Crippen molar-refractivity contribution in [2.24, 2.45) is 0 Å². The summed E-state index contributed by atoms with van der Waals surface area (Å²) in [6.45, 7) is 4.21. The highest BCUT2D eigenvalue weighted by Gasteiger charge is 2.10. The van der Waals surface area contributed by atoms with Crippen molar-refractivity contribution in [3.05, 3.63) is 48.3 Å². The van der Waals surface area contributed by atoms with Crippen LogP contribution in [0.4, 0.5) is 11.4 Å². The number of nitrogens with zero attached hydrogens (tertiary/aromatic N) is 1. The molecule has 5 nitrogen and oxygen atoms in total. The van der Waals surface area contributed by atoms with E-state index in [1.807, 2.05) is 18.2 Å². The van der Waals surface area contributed by atoms with Crippen LogP contribution in [0.3, 0.4) is 0 Å². The molecule has 5 heteroatoms. The maximum atomic E-state index is 12.2. The number of pyridine rings is 1. The molecule has 0 fully saturated rings. The lowest BCUT2D eigenvalue weighted by molar-refractivity contribution is 0.102. The normalized spacial score (nSPS) is 11.6. The van der Waals surface area contributed by atoms with E-state index in [2.05, 4.69) is 29.5 Å². The molecule has 0 saturated heterocycles. The number of ether oxygens (including phenoxy) is 1. The van der Waals surface area contributed by atoms with Crippen molar-refractivity contribution in [2.75, 3.05) is 17.7 Å². The fraction of sp³-hybridized carbons (Fsp3) is 0.294. The molecule has 2 rings (SSSR count). The van der Waals surface area contributed by atoms with Gasteiger partial charge in [0, 0.05) is 6.04 Å². The Balaban J connectivity index is 2.06. The predicted molar refractivity (Wildman–Crippen MR) is 88.6 cm³/mol. The quantitative estimate of drug-likeness (QED) is 0.856. The van der Waals surface area contributed by atoms with Gasteiger partial charge in [-0.05, 0) is 37.6 Å². The van der Waals surface area contributed by atoms with Crippen molar-refractivity contribution in [3.63, 3.8) is 0 Å². The van der Waals surface area contributed by atoms with Crippen molar-refractivity contribution in [1.82, 2.24) is 4.98 Å². The first-order valence-corrected chi connectivity index (χ1v) is 7.31. The van der Waals surface area contributed by atoms with Crippen molar-refractivity contribution < 1.29 is 9.53 Å². The van der Waals surface area contributed by atoms with Crippen molar-refractivity contribution in [1.29, 1.82) is 0 Å². The summed E-state index contributed by atoms with van der Waals surface area (Å²) in [6, 6.07) is 11.2. The third-order valence-electron chi connectivity index (χ3n) is 3.38. The van der Waals surface area contributed by atoms with E-state index < -0.39 is 0 Å². The number of hydrogen-bond acceptors (Lipinski definition) is 4. The van der Waals surface area contributed by atoms with E-state index in [-0.39, 0.29) is 5.91 Å². The zero-order chi connectivity index (χ0) is 15.9. The fourth-order valence-electron chi connectivity index (χ4n) is 1.93. The number of amides is 1. The molecule has 22 heavy (non-hydrogen) atoms. The van der Waals surface area contributed by atoms with Crippen LogP contribution >= 0.6 is 0 Å². The lowest BCUT2D eigenvalue weighted by atomic mass is 10.2. The number of methoxy groups -OCH3 is 1. The second-order valence-electron chi connectivity index (χ2n) is 5.04. The van der Waals surface area contributed by atoms with Gasteiger partial charge in [0.1, 0.15) is 11.4 Å². The van der Waals surface area contributed by atoms with E-state index in [0.717, 1.165) is 12.1 Å². The summed E-state index contributed by atoms with van der Waals surface area (Å²) in [5.41, 5.74) is 1.89. The van der Waals surface area contributed by atoms with E-state index in [9.17, 15) is 4.79 Å². The highest BCUT2D eigenvalue weighted by atomic mass is 16.5. The smallest absolute Gasteiger partial charge is 0.274 e. The highest BCUT2D eigenvalue weighted by molar-refractivity contribution is 6.03. The van der Waals surface area contributed by atoms with Gasteiger partial charge in [0.15, 0.2) is 0 Å².